The Bertz CT molecular complexity index is 1390. The van der Waals surface area contributed by atoms with Gasteiger partial charge < -0.3 is 0 Å². The van der Waals surface area contributed by atoms with Crippen LogP contribution in [0.1, 0.15) is 37.9 Å². The second-order valence-electron chi connectivity index (χ2n) is 9.48. The van der Waals surface area contributed by atoms with Crippen molar-refractivity contribution >= 4 is 34.8 Å². The highest BCUT2D eigenvalue weighted by atomic mass is 32.2. The fourth-order valence-corrected chi connectivity index (χ4v) is 7.26. The van der Waals surface area contributed by atoms with Gasteiger partial charge in [0.05, 0.1) is 27.3 Å². The van der Waals surface area contributed by atoms with Gasteiger partial charge in [0, 0.05) is 0 Å². The third-order valence-electron chi connectivity index (χ3n) is 5.83. The van der Waals surface area contributed by atoms with E-state index in [1.165, 1.54) is 0 Å². The van der Waals surface area contributed by atoms with Crippen molar-refractivity contribution in [3.05, 3.63) is 125 Å². The van der Waals surface area contributed by atoms with E-state index in [4.69, 9.17) is 0 Å². The number of rotatable bonds is 7. The quantitative estimate of drug-likeness (QED) is 0.122. The fraction of sp³-hybridized carbons (Fsp3) is 0.172. The zero-order valence-corrected chi connectivity index (χ0v) is 22.5. The van der Waals surface area contributed by atoms with Crippen LogP contribution in [0.5, 0.6) is 0 Å². The molecule has 0 saturated heterocycles. The van der Waals surface area contributed by atoms with Crippen molar-refractivity contribution in [2.24, 2.45) is 0 Å². The van der Waals surface area contributed by atoms with Crippen LogP contribution in [-0.2, 0) is 11.0 Å². The Morgan fingerprint density at radius 3 is 1.55 bits per heavy atom. The largest absolute Gasteiger partial charge is 0.242 e. The average molecular weight is 562 g/mol. The van der Waals surface area contributed by atoms with Gasteiger partial charge in [-0.25, -0.2) is 30.9 Å². The van der Waals surface area contributed by atoms with Crippen LogP contribution in [0.4, 0.5) is 22.0 Å². The summed E-state index contributed by atoms with van der Waals surface area (Å²) >= 11 is 0. The third kappa shape index (κ3) is 5.58. The van der Waals surface area contributed by atoms with Gasteiger partial charge in [-0.15, -0.1) is 0 Å². The molecule has 0 aromatic heterocycles. The Morgan fingerprint density at radius 1 is 0.658 bits per heavy atom. The smallest absolute Gasteiger partial charge is 0.200 e. The minimum Gasteiger partial charge on any atom is -0.242 e. The highest BCUT2D eigenvalue weighted by Crippen LogP contribution is 2.39. The van der Waals surface area contributed by atoms with Gasteiger partial charge in [-0.3, -0.25) is 0 Å². The van der Waals surface area contributed by atoms with E-state index in [2.05, 4.69) is 4.72 Å². The van der Waals surface area contributed by atoms with Gasteiger partial charge in [-0.1, -0.05) is 84.9 Å². The van der Waals surface area contributed by atoms with E-state index in [0.717, 1.165) is 10.6 Å². The molecule has 0 fully saturated rings. The van der Waals surface area contributed by atoms with Crippen LogP contribution >= 0.6 is 7.92 Å². The maximum atomic E-state index is 15.2. The number of hydrogen-bond acceptors (Lipinski definition) is 1. The first-order valence-corrected chi connectivity index (χ1v) is 14.2. The van der Waals surface area contributed by atoms with Gasteiger partial charge in [0.15, 0.2) is 23.3 Å². The van der Waals surface area contributed by atoms with Gasteiger partial charge in [0.1, 0.15) is 0 Å². The number of halogens is 5. The van der Waals surface area contributed by atoms with Gasteiger partial charge in [0.25, 0.3) is 0 Å². The van der Waals surface area contributed by atoms with Crippen molar-refractivity contribution in [1.82, 2.24) is 4.72 Å². The van der Waals surface area contributed by atoms with E-state index in [1.807, 2.05) is 60.7 Å². The summed E-state index contributed by atoms with van der Waals surface area (Å²) in [5.74, 6) is -10.3. The number of hydrogen-bond donors (Lipinski definition) is 1. The minimum atomic E-state index is -2.25. The molecule has 4 aromatic rings. The maximum absolute atomic E-state index is 15.2. The molecule has 198 valence electrons. The molecule has 1 N–H and O–H groups in total. The molecule has 38 heavy (non-hydrogen) atoms. The lowest BCUT2D eigenvalue weighted by molar-refractivity contribution is 0.365. The zero-order chi connectivity index (χ0) is 27.6. The SMILES string of the molecule is CC(C)(C)S(=O)N[C@@H](c1ccccc1P(c1ccccc1)c1ccccc1)c1c(F)c(F)c(F)c(F)c1F. The van der Waals surface area contributed by atoms with E-state index < -0.39 is 64.3 Å². The molecule has 9 heteroatoms. The first-order chi connectivity index (χ1) is 18.0. The second-order valence-corrected chi connectivity index (χ2v) is 13.7. The molecular formula is C29H25F5NOPS. The highest BCUT2D eigenvalue weighted by molar-refractivity contribution is 7.84. The Morgan fingerprint density at radius 2 is 1.08 bits per heavy atom. The molecule has 0 aliphatic carbocycles. The summed E-state index contributed by atoms with van der Waals surface area (Å²) < 4.78 is 88.1. The molecule has 2 atom stereocenters. The van der Waals surface area contributed by atoms with Crippen LogP contribution < -0.4 is 20.6 Å². The predicted octanol–water partition coefficient (Wildman–Crippen LogP) is 6.28. The average Bonchev–Trinajstić information content (AvgIpc) is 2.91. The summed E-state index contributed by atoms with van der Waals surface area (Å²) in [6.07, 6.45) is 0. The first kappa shape index (κ1) is 28.1. The Balaban J connectivity index is 2.03. The van der Waals surface area contributed by atoms with Gasteiger partial charge in [-0.2, -0.15) is 0 Å². The summed E-state index contributed by atoms with van der Waals surface area (Å²) in [5, 5.41) is 2.44. The monoisotopic (exact) mass is 561 g/mol. The molecular weight excluding hydrogens is 536 g/mol. The highest BCUT2D eigenvalue weighted by Gasteiger charge is 2.36. The van der Waals surface area contributed by atoms with Crippen LogP contribution in [0.15, 0.2) is 84.9 Å². The first-order valence-electron chi connectivity index (χ1n) is 11.7. The Hall–Kier alpha value is -2.93. The van der Waals surface area contributed by atoms with E-state index in [-0.39, 0.29) is 5.56 Å². The van der Waals surface area contributed by atoms with E-state index in [9.17, 15) is 17.4 Å². The van der Waals surface area contributed by atoms with Crippen LogP contribution in [-0.4, -0.2) is 8.96 Å². The normalized spacial score (nSPS) is 13.5. The lowest BCUT2D eigenvalue weighted by Gasteiger charge is -2.29. The molecule has 0 heterocycles. The maximum Gasteiger partial charge on any atom is 0.200 e. The van der Waals surface area contributed by atoms with Crippen LogP contribution in [0, 0.1) is 29.1 Å². The van der Waals surface area contributed by atoms with Crippen molar-refractivity contribution in [3.63, 3.8) is 0 Å². The van der Waals surface area contributed by atoms with Crippen LogP contribution in [0.2, 0.25) is 0 Å². The molecule has 0 bridgehead atoms. The summed E-state index contributed by atoms with van der Waals surface area (Å²) in [6, 6.07) is 23.9. The summed E-state index contributed by atoms with van der Waals surface area (Å²) in [7, 11) is -3.26. The van der Waals surface area contributed by atoms with Crippen molar-refractivity contribution in [3.8, 4) is 0 Å². The zero-order valence-electron chi connectivity index (χ0n) is 20.8. The lowest BCUT2D eigenvalue weighted by atomic mass is 9.97. The van der Waals surface area contributed by atoms with Crippen molar-refractivity contribution in [2.45, 2.75) is 31.6 Å². The standard InChI is InChI=1S/C29H25F5NOPS/c1-29(2,3)38(36)35-28(22-23(30)25(32)27(34)26(33)24(22)31)20-16-10-11-17-21(20)37(18-12-6-4-7-13-18)19-14-8-5-9-15-19/h4-17,28,35H,1-3H3/t28-,38?/m0/s1. The fourth-order valence-electron chi connectivity index (χ4n) is 3.95. The third-order valence-corrected chi connectivity index (χ3v) is 9.91. The molecule has 2 nitrogen and oxygen atoms in total. The van der Waals surface area contributed by atoms with Crippen molar-refractivity contribution in [1.29, 1.82) is 0 Å². The number of benzene rings is 4. The Labute approximate surface area is 222 Å². The summed E-state index contributed by atoms with van der Waals surface area (Å²) in [5.41, 5.74) is -0.824. The molecule has 4 rings (SSSR count). The van der Waals surface area contributed by atoms with Crippen molar-refractivity contribution in [2.75, 3.05) is 0 Å². The van der Waals surface area contributed by atoms with E-state index in [1.54, 1.807) is 45.0 Å². The molecule has 0 aliphatic rings. The lowest BCUT2D eigenvalue weighted by Crippen LogP contribution is -2.39. The predicted molar refractivity (Wildman–Crippen MR) is 144 cm³/mol. The molecule has 1 unspecified atom stereocenters. The second kappa shape index (κ2) is 11.4. The molecule has 0 saturated carbocycles. The molecule has 4 aromatic carbocycles. The molecule has 0 radical (unpaired) electrons. The molecule has 0 amide bonds. The minimum absolute atomic E-state index is 0.257. The van der Waals surface area contributed by atoms with Crippen molar-refractivity contribution < 1.29 is 26.2 Å². The van der Waals surface area contributed by atoms with E-state index in [0.29, 0.717) is 5.30 Å². The van der Waals surface area contributed by atoms with Gasteiger partial charge >= 0.3 is 0 Å². The van der Waals surface area contributed by atoms with Crippen LogP contribution in [0.3, 0.4) is 0 Å². The van der Waals surface area contributed by atoms with Gasteiger partial charge in [-0.05, 0) is 50.2 Å². The molecule has 0 aliphatic heterocycles. The van der Waals surface area contributed by atoms with Crippen LogP contribution in [0.25, 0.3) is 0 Å². The summed E-state index contributed by atoms with van der Waals surface area (Å²) in [4.78, 5) is 0. The van der Waals surface area contributed by atoms with Gasteiger partial charge in [0.2, 0.25) is 5.82 Å². The molecule has 0 spiro atoms. The van der Waals surface area contributed by atoms with E-state index >= 15 is 8.78 Å². The number of nitrogens with one attached hydrogen (secondary N) is 1. The Kier molecular flexibility index (Phi) is 8.46. The summed E-state index contributed by atoms with van der Waals surface area (Å²) in [6.45, 7) is 4.91. The topological polar surface area (TPSA) is 29.1 Å².